The van der Waals surface area contributed by atoms with Gasteiger partial charge in [0.2, 0.25) is 5.91 Å². The standard InChI is InChI=1S/C25H33N3O4/c1-30-22-7-5-4-6-21(22)27-13-10-26(11-14-27)12-15-28-18-20-17-24(32-3)23(31-2)16-19(20)8-9-25(28)29/h4-7,16-17H,8-15,18H2,1-3H3. The number of amides is 1. The molecule has 1 saturated heterocycles. The molecule has 0 saturated carbocycles. The minimum atomic E-state index is 0.215. The molecule has 1 amide bonds. The molecule has 4 rings (SSSR count). The van der Waals surface area contributed by atoms with Crippen LogP contribution < -0.4 is 19.1 Å². The Morgan fingerprint density at radius 2 is 1.44 bits per heavy atom. The third-order valence-electron chi connectivity index (χ3n) is 6.51. The highest BCUT2D eigenvalue weighted by molar-refractivity contribution is 5.77. The summed E-state index contributed by atoms with van der Waals surface area (Å²) in [5, 5.41) is 0. The lowest BCUT2D eigenvalue weighted by molar-refractivity contribution is -0.131. The van der Waals surface area contributed by atoms with Gasteiger partial charge in [0.15, 0.2) is 11.5 Å². The van der Waals surface area contributed by atoms with Gasteiger partial charge in [0, 0.05) is 52.2 Å². The summed E-state index contributed by atoms with van der Waals surface area (Å²) in [5.74, 6) is 2.57. The molecule has 0 bridgehead atoms. The molecule has 0 N–H and O–H groups in total. The molecule has 7 nitrogen and oxygen atoms in total. The fourth-order valence-corrected chi connectivity index (χ4v) is 4.61. The number of rotatable bonds is 7. The van der Waals surface area contributed by atoms with Crippen molar-refractivity contribution < 1.29 is 19.0 Å². The fraction of sp³-hybridized carbons (Fsp3) is 0.480. The molecule has 0 radical (unpaired) electrons. The molecule has 0 aromatic heterocycles. The van der Waals surface area contributed by atoms with Crippen molar-refractivity contribution >= 4 is 11.6 Å². The molecule has 32 heavy (non-hydrogen) atoms. The molecular weight excluding hydrogens is 406 g/mol. The number of ether oxygens (including phenoxy) is 3. The maximum absolute atomic E-state index is 12.8. The number of carbonyl (C=O) groups is 1. The Balaban J connectivity index is 1.35. The summed E-state index contributed by atoms with van der Waals surface area (Å²) < 4.78 is 16.4. The van der Waals surface area contributed by atoms with Gasteiger partial charge in [-0.25, -0.2) is 0 Å². The van der Waals surface area contributed by atoms with Gasteiger partial charge < -0.3 is 24.0 Å². The molecule has 2 aliphatic heterocycles. The predicted octanol–water partition coefficient (Wildman–Crippen LogP) is 2.81. The minimum absolute atomic E-state index is 0.215. The van der Waals surface area contributed by atoms with Crippen LogP contribution in [0.2, 0.25) is 0 Å². The number of methoxy groups -OCH3 is 3. The van der Waals surface area contributed by atoms with E-state index in [0.29, 0.717) is 18.7 Å². The maximum Gasteiger partial charge on any atom is 0.223 e. The average molecular weight is 440 g/mol. The van der Waals surface area contributed by atoms with Crippen LogP contribution in [0.3, 0.4) is 0 Å². The molecule has 172 valence electrons. The fourth-order valence-electron chi connectivity index (χ4n) is 4.61. The lowest BCUT2D eigenvalue weighted by Crippen LogP contribution is -2.49. The Hall–Kier alpha value is -2.93. The van der Waals surface area contributed by atoms with Crippen LogP contribution in [0.25, 0.3) is 0 Å². The van der Waals surface area contributed by atoms with Crippen LogP contribution in [0.15, 0.2) is 36.4 Å². The van der Waals surface area contributed by atoms with E-state index in [1.807, 2.05) is 29.2 Å². The van der Waals surface area contributed by atoms with E-state index >= 15 is 0 Å². The van der Waals surface area contributed by atoms with Crippen molar-refractivity contribution in [1.29, 1.82) is 0 Å². The second-order valence-corrected chi connectivity index (χ2v) is 8.29. The first-order chi connectivity index (χ1) is 15.6. The normalized spacial score (nSPS) is 17.0. The number of fused-ring (bicyclic) bond motifs is 1. The molecule has 0 unspecified atom stereocenters. The van der Waals surface area contributed by atoms with Crippen LogP contribution in [-0.2, 0) is 17.8 Å². The van der Waals surface area contributed by atoms with Crippen molar-refractivity contribution in [2.45, 2.75) is 19.4 Å². The van der Waals surface area contributed by atoms with Crippen molar-refractivity contribution in [2.75, 3.05) is 65.5 Å². The van der Waals surface area contributed by atoms with E-state index in [4.69, 9.17) is 14.2 Å². The number of hydrogen-bond acceptors (Lipinski definition) is 6. The number of anilines is 1. The Morgan fingerprint density at radius 3 is 2.12 bits per heavy atom. The third kappa shape index (κ3) is 4.78. The number of para-hydroxylation sites is 2. The van der Waals surface area contributed by atoms with Gasteiger partial charge in [-0.05, 0) is 41.8 Å². The molecule has 2 aromatic rings. The summed E-state index contributed by atoms with van der Waals surface area (Å²) in [6.07, 6.45) is 1.27. The van der Waals surface area contributed by atoms with Crippen molar-refractivity contribution in [2.24, 2.45) is 0 Å². The van der Waals surface area contributed by atoms with E-state index in [2.05, 4.69) is 21.9 Å². The molecule has 0 aliphatic carbocycles. The van der Waals surface area contributed by atoms with Gasteiger partial charge in [0.1, 0.15) is 5.75 Å². The largest absolute Gasteiger partial charge is 0.495 e. The van der Waals surface area contributed by atoms with E-state index in [0.717, 1.165) is 68.4 Å². The lowest BCUT2D eigenvalue weighted by Gasteiger charge is -2.37. The number of nitrogens with zero attached hydrogens (tertiary/aromatic N) is 3. The Labute approximate surface area is 190 Å². The maximum atomic E-state index is 12.8. The summed E-state index contributed by atoms with van der Waals surface area (Å²) in [7, 11) is 5.01. The summed E-state index contributed by atoms with van der Waals surface area (Å²) >= 11 is 0. The smallest absolute Gasteiger partial charge is 0.223 e. The van der Waals surface area contributed by atoms with E-state index in [1.54, 1.807) is 21.3 Å². The average Bonchev–Trinajstić information content (AvgIpc) is 3.00. The molecule has 7 heteroatoms. The molecule has 0 spiro atoms. The van der Waals surface area contributed by atoms with Crippen molar-refractivity contribution in [3.8, 4) is 17.2 Å². The molecule has 2 aromatic carbocycles. The molecule has 2 aliphatic rings. The highest BCUT2D eigenvalue weighted by Gasteiger charge is 2.24. The monoisotopic (exact) mass is 439 g/mol. The number of carbonyl (C=O) groups excluding carboxylic acids is 1. The van der Waals surface area contributed by atoms with Crippen LogP contribution in [0, 0.1) is 0 Å². The second kappa shape index (κ2) is 10.1. The zero-order chi connectivity index (χ0) is 22.5. The Morgan fingerprint density at radius 1 is 0.781 bits per heavy atom. The number of aryl methyl sites for hydroxylation is 1. The SMILES string of the molecule is COc1cc2c(cc1OC)CN(CCN1CCN(c3ccccc3OC)CC1)C(=O)CC2. The highest BCUT2D eigenvalue weighted by Crippen LogP contribution is 2.33. The van der Waals surface area contributed by atoms with Gasteiger partial charge >= 0.3 is 0 Å². The highest BCUT2D eigenvalue weighted by atomic mass is 16.5. The van der Waals surface area contributed by atoms with Gasteiger partial charge in [0.25, 0.3) is 0 Å². The first kappa shape index (κ1) is 22.3. The van der Waals surface area contributed by atoms with Gasteiger partial charge in [0.05, 0.1) is 27.0 Å². The van der Waals surface area contributed by atoms with Crippen LogP contribution in [0.5, 0.6) is 17.2 Å². The van der Waals surface area contributed by atoms with Crippen LogP contribution in [-0.4, -0.2) is 76.3 Å². The Bertz CT molecular complexity index is 941. The quantitative estimate of drug-likeness (QED) is 0.661. The van der Waals surface area contributed by atoms with Gasteiger partial charge in [-0.1, -0.05) is 12.1 Å². The molecule has 2 heterocycles. The molecular formula is C25H33N3O4. The van der Waals surface area contributed by atoms with Crippen LogP contribution >= 0.6 is 0 Å². The van der Waals surface area contributed by atoms with Gasteiger partial charge in [-0.2, -0.15) is 0 Å². The first-order valence-corrected chi connectivity index (χ1v) is 11.2. The zero-order valence-corrected chi connectivity index (χ0v) is 19.3. The van der Waals surface area contributed by atoms with Gasteiger partial charge in [-0.15, -0.1) is 0 Å². The van der Waals surface area contributed by atoms with Crippen molar-refractivity contribution in [3.05, 3.63) is 47.5 Å². The number of benzene rings is 2. The summed E-state index contributed by atoms with van der Waals surface area (Å²) in [5.41, 5.74) is 3.47. The Kier molecular flexibility index (Phi) is 7.05. The van der Waals surface area contributed by atoms with E-state index in [1.165, 1.54) is 5.56 Å². The van der Waals surface area contributed by atoms with Crippen LogP contribution in [0.1, 0.15) is 17.5 Å². The first-order valence-electron chi connectivity index (χ1n) is 11.2. The minimum Gasteiger partial charge on any atom is -0.495 e. The van der Waals surface area contributed by atoms with E-state index < -0.39 is 0 Å². The predicted molar refractivity (Wildman–Crippen MR) is 125 cm³/mol. The van der Waals surface area contributed by atoms with Crippen molar-refractivity contribution in [3.63, 3.8) is 0 Å². The lowest BCUT2D eigenvalue weighted by atomic mass is 10.0. The van der Waals surface area contributed by atoms with Crippen LogP contribution in [0.4, 0.5) is 5.69 Å². The van der Waals surface area contributed by atoms with E-state index in [9.17, 15) is 4.79 Å². The summed E-state index contributed by atoms with van der Waals surface area (Å²) in [6.45, 7) is 6.09. The van der Waals surface area contributed by atoms with E-state index in [-0.39, 0.29) is 5.91 Å². The summed E-state index contributed by atoms with van der Waals surface area (Å²) in [6, 6.07) is 12.2. The molecule has 1 fully saturated rings. The second-order valence-electron chi connectivity index (χ2n) is 8.29. The third-order valence-corrected chi connectivity index (χ3v) is 6.51. The number of hydrogen-bond donors (Lipinski definition) is 0. The molecule has 0 atom stereocenters. The number of piperazine rings is 1. The zero-order valence-electron chi connectivity index (χ0n) is 19.3. The summed E-state index contributed by atoms with van der Waals surface area (Å²) in [4.78, 5) is 19.6. The topological polar surface area (TPSA) is 54.5 Å². The van der Waals surface area contributed by atoms with Crippen molar-refractivity contribution in [1.82, 2.24) is 9.80 Å². The van der Waals surface area contributed by atoms with Gasteiger partial charge in [-0.3, -0.25) is 9.69 Å².